The van der Waals surface area contributed by atoms with Gasteiger partial charge in [-0.05, 0) is 56.4 Å². The minimum absolute atomic E-state index is 0.0473. The predicted molar refractivity (Wildman–Crippen MR) is 118 cm³/mol. The van der Waals surface area contributed by atoms with E-state index in [1.165, 1.54) is 11.1 Å². The molecule has 1 aliphatic rings. The van der Waals surface area contributed by atoms with E-state index in [-0.39, 0.29) is 17.0 Å². The van der Waals surface area contributed by atoms with E-state index in [0.717, 1.165) is 42.0 Å². The van der Waals surface area contributed by atoms with Crippen LogP contribution in [-0.2, 0) is 5.41 Å². The Morgan fingerprint density at radius 1 is 1.10 bits per heavy atom. The Labute approximate surface area is 176 Å². The average Bonchev–Trinajstić information content (AvgIpc) is 2.75. The molecule has 3 aromatic rings. The minimum Gasteiger partial charge on any atom is -0.330 e. The lowest BCUT2D eigenvalue weighted by Crippen LogP contribution is -2.41. The van der Waals surface area contributed by atoms with Crippen LogP contribution in [0.3, 0.4) is 0 Å². The van der Waals surface area contributed by atoms with Gasteiger partial charge in [-0.25, -0.2) is 4.68 Å². The molecule has 0 spiro atoms. The van der Waals surface area contributed by atoms with Gasteiger partial charge in [0.05, 0.1) is 11.7 Å². The molecule has 0 aliphatic heterocycles. The van der Waals surface area contributed by atoms with E-state index in [1.54, 1.807) is 10.7 Å². The third kappa shape index (κ3) is 4.00. The van der Waals surface area contributed by atoms with Crippen molar-refractivity contribution in [2.75, 3.05) is 6.54 Å². The van der Waals surface area contributed by atoms with E-state index < -0.39 is 0 Å². The van der Waals surface area contributed by atoms with Gasteiger partial charge in [0.25, 0.3) is 5.56 Å². The van der Waals surface area contributed by atoms with Crippen LogP contribution in [0.1, 0.15) is 42.9 Å². The number of nitrogens with two attached hydrogens (primary N) is 1. The highest BCUT2D eigenvalue weighted by molar-refractivity contribution is 6.30. The fraction of sp³-hybridized carbons (Fsp3) is 0.333. The van der Waals surface area contributed by atoms with Crippen molar-refractivity contribution in [1.82, 2.24) is 9.78 Å². The number of benzene rings is 2. The molecule has 1 fully saturated rings. The number of aryl methyl sites for hydroxylation is 1. The zero-order valence-corrected chi connectivity index (χ0v) is 17.4. The van der Waals surface area contributed by atoms with Crippen LogP contribution in [-0.4, -0.2) is 16.3 Å². The highest BCUT2D eigenvalue weighted by Crippen LogP contribution is 2.42. The molecule has 0 bridgehead atoms. The maximum atomic E-state index is 12.6. The van der Waals surface area contributed by atoms with Gasteiger partial charge in [-0.3, -0.25) is 4.79 Å². The summed E-state index contributed by atoms with van der Waals surface area (Å²) in [7, 11) is 0. The van der Waals surface area contributed by atoms with Crippen molar-refractivity contribution in [1.29, 1.82) is 0 Å². The summed E-state index contributed by atoms with van der Waals surface area (Å²) >= 11 is 6.22. The van der Waals surface area contributed by atoms with Crippen molar-refractivity contribution in [3.8, 4) is 11.3 Å². The third-order valence-electron chi connectivity index (χ3n) is 6.26. The molecule has 5 heteroatoms. The number of rotatable bonds is 4. The Bertz CT molecular complexity index is 1050. The summed E-state index contributed by atoms with van der Waals surface area (Å²) in [5, 5.41) is 5.45. The molecule has 29 heavy (non-hydrogen) atoms. The second-order valence-electron chi connectivity index (χ2n) is 8.09. The fourth-order valence-corrected chi connectivity index (χ4v) is 4.58. The first-order chi connectivity index (χ1) is 14.0. The van der Waals surface area contributed by atoms with Crippen LogP contribution in [0.4, 0.5) is 0 Å². The number of hydrogen-bond donors (Lipinski definition) is 1. The summed E-state index contributed by atoms with van der Waals surface area (Å²) in [5.41, 5.74) is 10.3. The lowest BCUT2D eigenvalue weighted by atomic mass is 9.68. The quantitative estimate of drug-likeness (QED) is 0.670. The van der Waals surface area contributed by atoms with Crippen molar-refractivity contribution >= 4 is 11.6 Å². The Kier molecular flexibility index (Phi) is 5.57. The Morgan fingerprint density at radius 2 is 1.83 bits per heavy atom. The largest absolute Gasteiger partial charge is 0.330 e. The Hall–Kier alpha value is -2.43. The van der Waals surface area contributed by atoms with Crippen LogP contribution in [0.15, 0.2) is 65.5 Å². The van der Waals surface area contributed by atoms with E-state index >= 15 is 0 Å². The third-order valence-corrected chi connectivity index (χ3v) is 6.49. The molecule has 0 unspecified atom stereocenters. The summed E-state index contributed by atoms with van der Waals surface area (Å²) in [6, 6.07) is 19.8. The van der Waals surface area contributed by atoms with Crippen molar-refractivity contribution in [2.45, 2.75) is 44.1 Å². The van der Waals surface area contributed by atoms with Gasteiger partial charge < -0.3 is 5.73 Å². The van der Waals surface area contributed by atoms with E-state index in [9.17, 15) is 4.79 Å². The molecule has 2 N–H and O–H groups in total. The first-order valence-corrected chi connectivity index (χ1v) is 10.5. The van der Waals surface area contributed by atoms with Gasteiger partial charge in [0.2, 0.25) is 0 Å². The smallest absolute Gasteiger partial charge is 0.267 e. The van der Waals surface area contributed by atoms with Crippen molar-refractivity contribution in [2.24, 2.45) is 5.73 Å². The molecule has 150 valence electrons. The van der Waals surface area contributed by atoms with E-state index in [1.807, 2.05) is 36.4 Å². The molecule has 0 saturated heterocycles. The zero-order valence-electron chi connectivity index (χ0n) is 16.6. The standard InChI is InChI=1S/C24H26ClN3O/c1-17-5-7-18(8-6-17)22-9-10-23(29)28(27-22)21-11-13-24(16-26,14-12-21)19-3-2-4-20(25)15-19/h2-10,15,21H,11-14,16,26H2,1H3/t21-,24+. The number of aromatic nitrogens is 2. The van der Waals surface area contributed by atoms with E-state index in [2.05, 4.69) is 25.1 Å². The molecule has 0 amide bonds. The molecule has 1 aromatic heterocycles. The maximum Gasteiger partial charge on any atom is 0.267 e. The highest BCUT2D eigenvalue weighted by Gasteiger charge is 2.37. The SMILES string of the molecule is Cc1ccc(-c2ccc(=O)n([C@H]3CC[C@@](CN)(c4cccc(Cl)c4)CC3)n2)cc1. The lowest BCUT2D eigenvalue weighted by Gasteiger charge is -2.40. The second kappa shape index (κ2) is 8.13. The second-order valence-corrected chi connectivity index (χ2v) is 8.53. The molecule has 0 atom stereocenters. The minimum atomic E-state index is -0.0838. The summed E-state index contributed by atoms with van der Waals surface area (Å²) in [6.45, 7) is 2.63. The van der Waals surface area contributed by atoms with Crippen LogP contribution in [0.25, 0.3) is 11.3 Å². The predicted octanol–water partition coefficient (Wildman–Crippen LogP) is 4.88. The van der Waals surface area contributed by atoms with Crippen LogP contribution in [0, 0.1) is 6.92 Å². The number of nitrogens with zero attached hydrogens (tertiary/aromatic N) is 2. The van der Waals surface area contributed by atoms with Gasteiger partial charge in [0.1, 0.15) is 0 Å². The summed E-state index contributed by atoms with van der Waals surface area (Å²) in [6.07, 6.45) is 3.57. The molecule has 4 nitrogen and oxygen atoms in total. The summed E-state index contributed by atoms with van der Waals surface area (Å²) in [4.78, 5) is 12.6. The van der Waals surface area contributed by atoms with Crippen molar-refractivity contribution < 1.29 is 0 Å². The number of halogens is 1. The van der Waals surface area contributed by atoms with Gasteiger partial charge in [0.15, 0.2) is 0 Å². The first-order valence-electron chi connectivity index (χ1n) is 10.1. The maximum absolute atomic E-state index is 12.6. The molecule has 4 rings (SSSR count). The average molecular weight is 408 g/mol. The molecule has 2 aromatic carbocycles. The monoisotopic (exact) mass is 407 g/mol. The number of hydrogen-bond acceptors (Lipinski definition) is 3. The normalized spacial score (nSPS) is 21.8. The molecular formula is C24H26ClN3O. The lowest BCUT2D eigenvalue weighted by molar-refractivity contribution is 0.222. The van der Waals surface area contributed by atoms with Gasteiger partial charge in [-0.1, -0.05) is 53.6 Å². The van der Waals surface area contributed by atoms with Gasteiger partial charge >= 0.3 is 0 Å². The van der Waals surface area contributed by atoms with Gasteiger partial charge in [-0.15, -0.1) is 0 Å². The molecule has 1 saturated carbocycles. The van der Waals surface area contributed by atoms with Crippen molar-refractivity contribution in [3.63, 3.8) is 0 Å². The van der Waals surface area contributed by atoms with Crippen LogP contribution < -0.4 is 11.3 Å². The molecule has 1 heterocycles. The van der Waals surface area contributed by atoms with Crippen LogP contribution in [0.5, 0.6) is 0 Å². The van der Waals surface area contributed by atoms with Gasteiger partial charge in [-0.2, -0.15) is 5.10 Å². The van der Waals surface area contributed by atoms with Crippen LogP contribution in [0.2, 0.25) is 5.02 Å². The first kappa shape index (κ1) is 19.9. The van der Waals surface area contributed by atoms with Gasteiger partial charge in [0, 0.05) is 28.6 Å². The molecular weight excluding hydrogens is 382 g/mol. The summed E-state index contributed by atoms with van der Waals surface area (Å²) < 4.78 is 1.67. The van der Waals surface area contributed by atoms with E-state index in [0.29, 0.717) is 6.54 Å². The fourth-order valence-electron chi connectivity index (χ4n) is 4.39. The van der Waals surface area contributed by atoms with Crippen LogP contribution >= 0.6 is 11.6 Å². The van der Waals surface area contributed by atoms with E-state index in [4.69, 9.17) is 22.4 Å². The zero-order chi connectivity index (χ0) is 20.4. The highest BCUT2D eigenvalue weighted by atomic mass is 35.5. The molecule has 1 aliphatic carbocycles. The Balaban J connectivity index is 1.59. The molecule has 0 radical (unpaired) electrons. The topological polar surface area (TPSA) is 60.9 Å². The summed E-state index contributed by atoms with van der Waals surface area (Å²) in [5.74, 6) is 0. The Morgan fingerprint density at radius 3 is 2.48 bits per heavy atom. The van der Waals surface area contributed by atoms with Crippen molar-refractivity contribution in [3.05, 3.63) is 87.2 Å².